The van der Waals surface area contributed by atoms with Gasteiger partial charge in [-0.2, -0.15) is 5.26 Å². The molecule has 17 heavy (non-hydrogen) atoms. The second kappa shape index (κ2) is 4.17. The number of nitrogens with zero attached hydrogens (tertiary/aromatic N) is 3. The number of fused-ring (bicyclic) bond motifs is 2. The molecule has 1 N–H and O–H groups in total. The minimum Gasteiger partial charge on any atom is -0.366 e. The molecule has 3 rings (SSSR count). The fourth-order valence-corrected chi connectivity index (χ4v) is 2.94. The summed E-state index contributed by atoms with van der Waals surface area (Å²) < 4.78 is 0. The Morgan fingerprint density at radius 2 is 2.41 bits per heavy atom. The van der Waals surface area contributed by atoms with Crippen molar-refractivity contribution in [2.45, 2.75) is 12.5 Å². The van der Waals surface area contributed by atoms with Crippen LogP contribution in [0.4, 0.5) is 5.69 Å². The van der Waals surface area contributed by atoms with Crippen LogP contribution in [0.1, 0.15) is 12.0 Å². The zero-order valence-electron chi connectivity index (χ0n) is 9.36. The molecule has 1 aromatic heterocycles. The Hall–Kier alpha value is -1.31. The third-order valence-corrected chi connectivity index (χ3v) is 3.89. The van der Waals surface area contributed by atoms with E-state index in [1.165, 1.54) is 6.42 Å². The summed E-state index contributed by atoms with van der Waals surface area (Å²) in [4.78, 5) is 6.43. The fourth-order valence-electron chi connectivity index (χ4n) is 2.80. The van der Waals surface area contributed by atoms with Crippen LogP contribution >= 0.6 is 11.6 Å². The molecule has 2 fully saturated rings. The van der Waals surface area contributed by atoms with Crippen LogP contribution in [-0.4, -0.2) is 30.7 Å². The van der Waals surface area contributed by atoms with Crippen LogP contribution in [-0.2, 0) is 0 Å². The van der Waals surface area contributed by atoms with E-state index in [0.29, 0.717) is 11.6 Å². The molecule has 2 aliphatic heterocycles. The van der Waals surface area contributed by atoms with E-state index < -0.39 is 0 Å². The summed E-state index contributed by atoms with van der Waals surface area (Å²) in [7, 11) is 0. The highest BCUT2D eigenvalue weighted by Crippen LogP contribution is 2.31. The average molecular weight is 249 g/mol. The first-order valence-electron chi connectivity index (χ1n) is 5.81. The largest absolute Gasteiger partial charge is 0.366 e. The van der Waals surface area contributed by atoms with Gasteiger partial charge in [0.2, 0.25) is 0 Å². The van der Waals surface area contributed by atoms with Crippen molar-refractivity contribution in [1.29, 1.82) is 5.26 Å². The highest BCUT2D eigenvalue weighted by atomic mass is 35.5. The standard InChI is InChI=1S/C12H13ClN4/c13-12-9(3-14)2-11(6-16-12)17-7-8-1-10(17)5-15-4-8/h2,6,8,10,15H,1,4-5,7H2/t8-,10-/m1/s1. The van der Waals surface area contributed by atoms with Crippen molar-refractivity contribution in [3.63, 3.8) is 0 Å². The van der Waals surface area contributed by atoms with Crippen molar-refractivity contribution in [2.24, 2.45) is 5.92 Å². The van der Waals surface area contributed by atoms with E-state index in [1.54, 1.807) is 6.20 Å². The minimum absolute atomic E-state index is 0.288. The first-order chi connectivity index (χ1) is 8.28. The molecular weight excluding hydrogens is 236 g/mol. The summed E-state index contributed by atoms with van der Waals surface area (Å²) >= 11 is 5.85. The lowest BCUT2D eigenvalue weighted by Crippen LogP contribution is -2.39. The third kappa shape index (κ3) is 1.86. The van der Waals surface area contributed by atoms with Gasteiger partial charge in [0, 0.05) is 19.1 Å². The molecule has 2 aliphatic rings. The van der Waals surface area contributed by atoms with Crippen molar-refractivity contribution in [2.75, 3.05) is 24.5 Å². The van der Waals surface area contributed by atoms with Crippen LogP contribution in [0.5, 0.6) is 0 Å². The van der Waals surface area contributed by atoms with Crippen molar-refractivity contribution < 1.29 is 0 Å². The number of aromatic nitrogens is 1. The first-order valence-corrected chi connectivity index (χ1v) is 6.18. The maximum atomic E-state index is 8.97. The maximum Gasteiger partial charge on any atom is 0.146 e. The van der Waals surface area contributed by atoms with Gasteiger partial charge in [-0.3, -0.25) is 0 Å². The molecule has 0 aliphatic carbocycles. The number of halogens is 1. The number of nitriles is 1. The van der Waals surface area contributed by atoms with Crippen molar-refractivity contribution in [3.8, 4) is 6.07 Å². The lowest BCUT2D eigenvalue weighted by atomic mass is 10.0. The summed E-state index contributed by atoms with van der Waals surface area (Å²) in [6, 6.07) is 4.46. The molecule has 3 heterocycles. The number of piperidine rings is 1. The molecule has 0 amide bonds. The molecule has 0 radical (unpaired) electrons. The first kappa shape index (κ1) is 10.8. The molecule has 0 spiro atoms. The van der Waals surface area contributed by atoms with Gasteiger partial charge in [0.25, 0.3) is 0 Å². The summed E-state index contributed by atoms with van der Waals surface area (Å²) in [5.74, 6) is 0.718. The van der Waals surface area contributed by atoms with Crippen molar-refractivity contribution in [1.82, 2.24) is 10.3 Å². The van der Waals surface area contributed by atoms with Crippen LogP contribution in [0.2, 0.25) is 5.15 Å². The number of anilines is 1. The second-order valence-corrected chi connectivity index (χ2v) is 5.07. The van der Waals surface area contributed by atoms with Crippen LogP contribution in [0.3, 0.4) is 0 Å². The highest BCUT2D eigenvalue weighted by Gasteiger charge is 2.35. The molecule has 2 saturated heterocycles. The van der Waals surface area contributed by atoms with Crippen LogP contribution in [0.25, 0.3) is 0 Å². The van der Waals surface area contributed by atoms with Gasteiger partial charge in [0.05, 0.1) is 17.4 Å². The fraction of sp³-hybridized carbons (Fsp3) is 0.500. The molecule has 2 atom stereocenters. The van der Waals surface area contributed by atoms with Gasteiger partial charge < -0.3 is 10.2 Å². The Kier molecular flexibility index (Phi) is 2.65. The molecule has 0 saturated carbocycles. The quantitative estimate of drug-likeness (QED) is 0.764. The summed E-state index contributed by atoms with van der Waals surface area (Å²) in [6.07, 6.45) is 3.00. The minimum atomic E-state index is 0.288. The number of hydrogen-bond acceptors (Lipinski definition) is 4. The van der Waals surface area contributed by atoms with Gasteiger partial charge in [0.1, 0.15) is 11.2 Å². The van der Waals surface area contributed by atoms with E-state index in [4.69, 9.17) is 16.9 Å². The van der Waals surface area contributed by atoms with E-state index in [1.807, 2.05) is 6.07 Å². The molecule has 2 bridgehead atoms. The van der Waals surface area contributed by atoms with Gasteiger partial charge in [-0.1, -0.05) is 11.6 Å². The predicted octanol–water partition coefficient (Wildman–Crippen LogP) is 1.40. The van der Waals surface area contributed by atoms with Gasteiger partial charge >= 0.3 is 0 Å². The highest BCUT2D eigenvalue weighted by molar-refractivity contribution is 6.30. The molecule has 5 heteroatoms. The SMILES string of the molecule is N#Cc1cc(N2C[C@H]3CNC[C@H]2C3)cnc1Cl. The Morgan fingerprint density at radius 1 is 1.53 bits per heavy atom. The Morgan fingerprint density at radius 3 is 3.18 bits per heavy atom. The van der Waals surface area contributed by atoms with E-state index in [9.17, 15) is 0 Å². The van der Waals surface area contributed by atoms with Crippen LogP contribution < -0.4 is 10.2 Å². The zero-order valence-corrected chi connectivity index (χ0v) is 10.1. The van der Waals surface area contributed by atoms with Gasteiger partial charge in [-0.25, -0.2) is 4.98 Å². The van der Waals surface area contributed by atoms with Gasteiger partial charge in [0.15, 0.2) is 0 Å². The maximum absolute atomic E-state index is 8.97. The molecule has 0 aromatic carbocycles. The van der Waals surface area contributed by atoms with E-state index in [-0.39, 0.29) is 5.15 Å². The summed E-state index contributed by atoms with van der Waals surface area (Å²) in [5.41, 5.74) is 1.47. The molecule has 0 unspecified atom stereocenters. The van der Waals surface area contributed by atoms with Gasteiger partial charge in [-0.05, 0) is 24.9 Å². The Labute approximate surface area is 105 Å². The number of nitrogens with one attached hydrogen (secondary N) is 1. The monoisotopic (exact) mass is 248 g/mol. The molecular formula is C12H13ClN4. The Bertz CT molecular complexity index is 482. The normalized spacial score (nSPS) is 26.9. The zero-order chi connectivity index (χ0) is 11.8. The smallest absolute Gasteiger partial charge is 0.146 e. The second-order valence-electron chi connectivity index (χ2n) is 4.71. The van der Waals surface area contributed by atoms with E-state index in [2.05, 4.69) is 21.3 Å². The lowest BCUT2D eigenvalue weighted by Gasteiger charge is -2.26. The van der Waals surface area contributed by atoms with E-state index >= 15 is 0 Å². The molecule has 88 valence electrons. The molecule has 1 aromatic rings. The lowest BCUT2D eigenvalue weighted by molar-refractivity contribution is 0.434. The number of rotatable bonds is 1. The summed E-state index contributed by atoms with van der Waals surface area (Å²) in [6.45, 7) is 3.16. The average Bonchev–Trinajstić information content (AvgIpc) is 2.65. The Balaban J connectivity index is 1.92. The van der Waals surface area contributed by atoms with Crippen molar-refractivity contribution in [3.05, 3.63) is 23.0 Å². The van der Waals surface area contributed by atoms with Crippen LogP contribution in [0.15, 0.2) is 12.3 Å². The van der Waals surface area contributed by atoms with Crippen molar-refractivity contribution >= 4 is 17.3 Å². The molecule has 4 nitrogen and oxygen atoms in total. The third-order valence-electron chi connectivity index (χ3n) is 3.59. The van der Waals surface area contributed by atoms with Crippen LogP contribution in [0, 0.1) is 17.2 Å². The number of pyridine rings is 1. The topological polar surface area (TPSA) is 52.0 Å². The summed E-state index contributed by atoms with van der Waals surface area (Å²) in [5, 5.41) is 12.7. The van der Waals surface area contributed by atoms with Gasteiger partial charge in [-0.15, -0.1) is 0 Å². The van der Waals surface area contributed by atoms with E-state index in [0.717, 1.165) is 31.2 Å². The predicted molar refractivity (Wildman–Crippen MR) is 66.1 cm³/mol. The number of hydrogen-bond donors (Lipinski definition) is 1.